The van der Waals surface area contributed by atoms with Gasteiger partial charge in [0.15, 0.2) is 5.84 Å². The molecular weight excluding hydrogens is 419 g/mol. The fourth-order valence-electron chi connectivity index (χ4n) is 3.14. The summed E-state index contributed by atoms with van der Waals surface area (Å²) in [4.78, 5) is 12.6. The van der Waals surface area contributed by atoms with Gasteiger partial charge in [-0.2, -0.15) is 13.7 Å². The second-order valence-electron chi connectivity index (χ2n) is 6.67. The highest BCUT2D eigenvalue weighted by molar-refractivity contribution is 7.90. The zero-order chi connectivity index (χ0) is 22.0. The van der Waals surface area contributed by atoms with E-state index in [0.717, 1.165) is 0 Å². The molecule has 2 N–H and O–H groups in total. The molecule has 1 amide bonds. The summed E-state index contributed by atoms with van der Waals surface area (Å²) in [6.07, 6.45) is 0. The van der Waals surface area contributed by atoms with Crippen molar-refractivity contribution in [3.63, 3.8) is 0 Å². The number of hydrogen-bond donors (Lipinski definition) is 2. The maximum atomic E-state index is 13.9. The maximum Gasteiger partial charge on any atom is 0.285 e. The van der Waals surface area contributed by atoms with Crippen molar-refractivity contribution in [1.82, 2.24) is 5.32 Å². The number of carbonyl (C=O) groups is 1. The Morgan fingerprint density at radius 3 is 2.39 bits per heavy atom. The van der Waals surface area contributed by atoms with Crippen molar-refractivity contribution in [3.05, 3.63) is 95.3 Å². The molecule has 1 atom stereocenters. The topological polar surface area (TPSA) is 111 Å². The Hall–Kier alpha value is -4.03. The molecule has 154 valence electrons. The number of halogens is 1. The van der Waals surface area contributed by atoms with E-state index in [0.29, 0.717) is 11.3 Å². The molecule has 3 aromatic carbocycles. The lowest BCUT2D eigenvalue weighted by atomic mass is 10.1. The first kappa shape index (κ1) is 20.3. The number of carbonyl (C=O) groups excluding carboxylic acids is 1. The lowest BCUT2D eigenvalue weighted by molar-refractivity contribution is 0.0944. The standard InChI is InChI=1S/C22H15FN4O3S/c23-18-7-3-1-5-16(18)19(13-24)26-22(28)14-9-11-15(12-10-14)25-21-17-6-2-4-8-20(17)31(29,30)27-21/h1-12,19H,(H,25,27)(H,26,28). The third kappa shape index (κ3) is 4.01. The van der Waals surface area contributed by atoms with Crippen LogP contribution in [0.4, 0.5) is 10.1 Å². The molecule has 0 fully saturated rings. The van der Waals surface area contributed by atoms with E-state index in [9.17, 15) is 22.9 Å². The van der Waals surface area contributed by atoms with Crippen molar-refractivity contribution < 1.29 is 17.6 Å². The number of anilines is 1. The van der Waals surface area contributed by atoms with Gasteiger partial charge >= 0.3 is 0 Å². The van der Waals surface area contributed by atoms with E-state index in [1.807, 2.05) is 6.07 Å². The third-order valence-corrected chi connectivity index (χ3v) is 6.00. The third-order valence-electron chi connectivity index (χ3n) is 4.66. The van der Waals surface area contributed by atoms with Gasteiger partial charge < -0.3 is 10.6 Å². The maximum absolute atomic E-state index is 13.9. The predicted octanol–water partition coefficient (Wildman–Crippen LogP) is 3.38. The van der Waals surface area contributed by atoms with Crippen LogP contribution < -0.4 is 10.6 Å². The Morgan fingerprint density at radius 1 is 1.00 bits per heavy atom. The lowest BCUT2D eigenvalue weighted by Gasteiger charge is -2.13. The number of nitrogens with zero attached hydrogens (tertiary/aromatic N) is 2. The number of fused-ring (bicyclic) bond motifs is 1. The van der Waals surface area contributed by atoms with Crippen LogP contribution in [-0.2, 0) is 10.0 Å². The van der Waals surface area contributed by atoms with Gasteiger partial charge in [-0.25, -0.2) is 4.39 Å². The molecule has 0 aliphatic carbocycles. The van der Waals surface area contributed by atoms with Crippen molar-refractivity contribution in [2.75, 3.05) is 5.32 Å². The van der Waals surface area contributed by atoms with E-state index in [2.05, 4.69) is 15.0 Å². The molecule has 7 nitrogen and oxygen atoms in total. The second-order valence-corrected chi connectivity index (χ2v) is 8.24. The van der Waals surface area contributed by atoms with Gasteiger partial charge in [0.1, 0.15) is 16.8 Å². The van der Waals surface area contributed by atoms with Crippen LogP contribution in [0.1, 0.15) is 27.5 Å². The molecule has 0 bridgehead atoms. The van der Waals surface area contributed by atoms with Gasteiger partial charge in [0.25, 0.3) is 15.9 Å². The summed E-state index contributed by atoms with van der Waals surface area (Å²) in [6.45, 7) is 0. The van der Waals surface area contributed by atoms with Crippen LogP contribution in [0.2, 0.25) is 0 Å². The molecule has 0 aromatic heterocycles. The van der Waals surface area contributed by atoms with E-state index in [-0.39, 0.29) is 21.9 Å². The molecule has 4 rings (SSSR count). The summed E-state index contributed by atoms with van der Waals surface area (Å²) in [5.41, 5.74) is 1.32. The van der Waals surface area contributed by atoms with Crippen LogP contribution in [0.3, 0.4) is 0 Å². The van der Waals surface area contributed by atoms with Crippen LogP contribution in [0, 0.1) is 17.1 Å². The van der Waals surface area contributed by atoms with Gasteiger partial charge in [-0.3, -0.25) is 4.79 Å². The minimum Gasteiger partial charge on any atom is -0.339 e. The SMILES string of the molecule is N#CC(NC(=O)c1ccc(NC2=NS(=O)(=O)c3ccccc32)cc1)c1ccccc1F. The smallest absolute Gasteiger partial charge is 0.285 e. The minimum absolute atomic E-state index is 0.0794. The molecule has 0 saturated heterocycles. The quantitative estimate of drug-likeness (QED) is 0.654. The first-order valence-electron chi connectivity index (χ1n) is 9.15. The van der Waals surface area contributed by atoms with E-state index < -0.39 is 27.8 Å². The van der Waals surface area contributed by atoms with Crippen molar-refractivity contribution in [2.24, 2.45) is 4.40 Å². The number of nitrogens with one attached hydrogen (secondary N) is 2. The zero-order valence-corrected chi connectivity index (χ0v) is 16.7. The van der Waals surface area contributed by atoms with Crippen LogP contribution in [0.15, 0.2) is 82.1 Å². The molecule has 3 aromatic rings. The molecule has 1 unspecified atom stereocenters. The number of nitriles is 1. The van der Waals surface area contributed by atoms with E-state index >= 15 is 0 Å². The minimum atomic E-state index is -3.74. The highest BCUT2D eigenvalue weighted by Gasteiger charge is 2.28. The second kappa shape index (κ2) is 8.01. The Morgan fingerprint density at radius 2 is 1.68 bits per heavy atom. The van der Waals surface area contributed by atoms with E-state index in [4.69, 9.17) is 0 Å². The molecule has 1 aliphatic rings. The molecule has 0 saturated carbocycles. The van der Waals surface area contributed by atoms with E-state index in [1.54, 1.807) is 36.4 Å². The van der Waals surface area contributed by atoms with E-state index in [1.165, 1.54) is 36.4 Å². The number of amides is 1. The first-order chi connectivity index (χ1) is 14.9. The van der Waals surface area contributed by atoms with Gasteiger partial charge in [-0.1, -0.05) is 30.3 Å². The van der Waals surface area contributed by atoms with Crippen molar-refractivity contribution in [2.45, 2.75) is 10.9 Å². The molecule has 1 heterocycles. The normalized spacial score (nSPS) is 14.6. The summed E-state index contributed by atoms with van der Waals surface area (Å²) in [6, 6.07) is 19.1. The van der Waals surface area contributed by atoms with Gasteiger partial charge in [0.2, 0.25) is 0 Å². The molecule has 31 heavy (non-hydrogen) atoms. The first-order valence-corrected chi connectivity index (χ1v) is 10.6. The molecular formula is C22H15FN4O3S. The molecule has 9 heteroatoms. The monoisotopic (exact) mass is 434 g/mol. The summed E-state index contributed by atoms with van der Waals surface area (Å²) in [5.74, 6) is -0.939. The highest BCUT2D eigenvalue weighted by atomic mass is 32.2. The van der Waals surface area contributed by atoms with Crippen LogP contribution >= 0.6 is 0 Å². The Kier molecular flexibility index (Phi) is 5.23. The van der Waals surface area contributed by atoms with Gasteiger partial charge in [-0.15, -0.1) is 4.40 Å². The summed E-state index contributed by atoms with van der Waals surface area (Å²) in [7, 11) is -3.74. The number of sulfonamides is 1. The van der Waals surface area contributed by atoms with Crippen molar-refractivity contribution in [3.8, 4) is 6.07 Å². The van der Waals surface area contributed by atoms with Gasteiger partial charge in [-0.05, 0) is 42.5 Å². The van der Waals surface area contributed by atoms with Crippen molar-refractivity contribution in [1.29, 1.82) is 5.26 Å². The number of hydrogen-bond acceptors (Lipinski definition) is 5. The Labute approximate surface area is 177 Å². The average molecular weight is 434 g/mol. The van der Waals surface area contributed by atoms with Crippen molar-refractivity contribution >= 4 is 27.5 Å². The summed E-state index contributed by atoms with van der Waals surface area (Å²) in [5, 5.41) is 14.8. The Balaban J connectivity index is 1.50. The summed E-state index contributed by atoms with van der Waals surface area (Å²) < 4.78 is 42.0. The van der Waals surface area contributed by atoms with Gasteiger partial charge in [0.05, 0.1) is 6.07 Å². The fraction of sp³-hybridized carbons (Fsp3) is 0.0455. The largest absolute Gasteiger partial charge is 0.339 e. The number of amidine groups is 1. The molecule has 0 spiro atoms. The average Bonchev–Trinajstić information content (AvgIpc) is 3.03. The van der Waals surface area contributed by atoms with Gasteiger partial charge in [0, 0.05) is 22.4 Å². The van der Waals surface area contributed by atoms with Crippen LogP contribution in [0.5, 0.6) is 0 Å². The lowest BCUT2D eigenvalue weighted by Crippen LogP contribution is -2.28. The molecule has 0 radical (unpaired) electrons. The van der Waals surface area contributed by atoms with Crippen LogP contribution in [-0.4, -0.2) is 20.2 Å². The number of rotatable bonds is 4. The summed E-state index contributed by atoms with van der Waals surface area (Å²) >= 11 is 0. The number of benzene rings is 3. The van der Waals surface area contributed by atoms with Crippen LogP contribution in [0.25, 0.3) is 0 Å². The predicted molar refractivity (Wildman–Crippen MR) is 112 cm³/mol. The zero-order valence-electron chi connectivity index (χ0n) is 15.9. The molecule has 1 aliphatic heterocycles. The Bertz CT molecular complexity index is 1350. The fourth-order valence-corrected chi connectivity index (χ4v) is 4.32. The highest BCUT2D eigenvalue weighted by Crippen LogP contribution is 2.26.